The maximum Gasteiger partial charge on any atom is 0.163 e. The highest BCUT2D eigenvalue weighted by Gasteiger charge is 2.43. The van der Waals surface area contributed by atoms with Crippen molar-refractivity contribution >= 4 is 11.2 Å². The molecule has 5 heteroatoms. The van der Waals surface area contributed by atoms with E-state index in [0.717, 1.165) is 35.5 Å². The molecule has 0 saturated heterocycles. The van der Waals surface area contributed by atoms with Crippen molar-refractivity contribution in [3.05, 3.63) is 17.8 Å². The monoisotopic (exact) mass is 227 g/mol. The summed E-state index contributed by atoms with van der Waals surface area (Å²) in [7, 11) is 0. The summed E-state index contributed by atoms with van der Waals surface area (Å²) in [5, 5.41) is 9.12. The number of rotatable bonds is 2. The van der Waals surface area contributed by atoms with Gasteiger partial charge in [-0.3, -0.25) is 0 Å². The molecule has 1 aliphatic rings. The van der Waals surface area contributed by atoms with Crippen molar-refractivity contribution in [3.63, 3.8) is 0 Å². The molecule has 5 nitrogen and oxygen atoms in total. The van der Waals surface area contributed by atoms with Gasteiger partial charge in [-0.25, -0.2) is 15.0 Å². The molecular weight excluding hydrogens is 214 g/mol. The van der Waals surface area contributed by atoms with E-state index in [9.17, 15) is 0 Å². The smallest absolute Gasteiger partial charge is 0.163 e. The van der Waals surface area contributed by atoms with Gasteiger partial charge in [-0.15, -0.1) is 0 Å². The Kier molecular flexibility index (Phi) is 1.96. The second-order valence-corrected chi connectivity index (χ2v) is 4.79. The van der Waals surface area contributed by atoms with Gasteiger partial charge in [0, 0.05) is 6.54 Å². The third-order valence-corrected chi connectivity index (χ3v) is 3.31. The molecular formula is C12H13N5. The highest BCUT2D eigenvalue weighted by molar-refractivity contribution is 5.73. The molecule has 1 aliphatic carbocycles. The van der Waals surface area contributed by atoms with Crippen molar-refractivity contribution in [2.24, 2.45) is 5.41 Å². The number of imidazole rings is 1. The summed E-state index contributed by atoms with van der Waals surface area (Å²) in [5.74, 6) is 0.749. The molecule has 1 fully saturated rings. The average Bonchev–Trinajstić information content (AvgIpc) is 2.95. The molecule has 1 saturated carbocycles. The number of hydrogen-bond acceptors (Lipinski definition) is 4. The molecule has 0 aliphatic heterocycles. The molecule has 0 amide bonds. The van der Waals surface area contributed by atoms with E-state index in [1.165, 1.54) is 0 Å². The van der Waals surface area contributed by atoms with Crippen LogP contribution >= 0.6 is 0 Å². The number of nitriles is 1. The maximum atomic E-state index is 9.12. The summed E-state index contributed by atoms with van der Waals surface area (Å²) in [6.07, 6.45) is 3.72. The Balaban J connectivity index is 2.09. The van der Waals surface area contributed by atoms with Crippen LogP contribution < -0.4 is 0 Å². The van der Waals surface area contributed by atoms with Crippen molar-refractivity contribution in [2.75, 3.05) is 0 Å². The Hall–Kier alpha value is -1.96. The Labute approximate surface area is 99.1 Å². The van der Waals surface area contributed by atoms with Gasteiger partial charge in [0.2, 0.25) is 0 Å². The summed E-state index contributed by atoms with van der Waals surface area (Å²) < 4.78 is 1.98. The van der Waals surface area contributed by atoms with E-state index in [2.05, 4.69) is 21.0 Å². The summed E-state index contributed by atoms with van der Waals surface area (Å²) in [5.41, 5.74) is 2.40. The third-order valence-electron chi connectivity index (χ3n) is 3.31. The zero-order chi connectivity index (χ0) is 12.0. The van der Waals surface area contributed by atoms with Crippen LogP contribution in [0.15, 0.2) is 6.33 Å². The first kappa shape index (κ1) is 10.2. The van der Waals surface area contributed by atoms with E-state index in [4.69, 9.17) is 5.26 Å². The molecule has 0 radical (unpaired) electrons. The van der Waals surface area contributed by atoms with E-state index in [1.807, 2.05) is 18.4 Å². The Morgan fingerprint density at radius 1 is 1.41 bits per heavy atom. The van der Waals surface area contributed by atoms with Crippen molar-refractivity contribution < 1.29 is 0 Å². The summed E-state index contributed by atoms with van der Waals surface area (Å²) in [6, 6.07) is 2.39. The van der Waals surface area contributed by atoms with Crippen LogP contribution in [0.2, 0.25) is 0 Å². The predicted octanol–water partition coefficient (Wildman–Crippen LogP) is 1.75. The summed E-state index contributed by atoms with van der Waals surface area (Å²) in [4.78, 5) is 13.1. The normalized spacial score (nSPS) is 17.0. The number of aromatic nitrogens is 4. The van der Waals surface area contributed by atoms with Gasteiger partial charge in [-0.1, -0.05) is 0 Å². The van der Waals surface area contributed by atoms with Gasteiger partial charge >= 0.3 is 0 Å². The highest BCUT2D eigenvalue weighted by Crippen LogP contribution is 2.46. The highest BCUT2D eigenvalue weighted by atomic mass is 15.1. The van der Waals surface area contributed by atoms with Crippen LogP contribution in [0.5, 0.6) is 0 Å². The maximum absolute atomic E-state index is 9.12. The van der Waals surface area contributed by atoms with Gasteiger partial charge in [0.15, 0.2) is 5.65 Å². The molecule has 86 valence electrons. The van der Waals surface area contributed by atoms with E-state index >= 15 is 0 Å². The fraction of sp³-hybridized carbons (Fsp3) is 0.500. The van der Waals surface area contributed by atoms with Crippen LogP contribution in [-0.4, -0.2) is 19.5 Å². The minimum absolute atomic E-state index is 0.180. The minimum atomic E-state index is -0.180. The van der Waals surface area contributed by atoms with E-state index < -0.39 is 0 Å². The van der Waals surface area contributed by atoms with Crippen LogP contribution in [0, 0.1) is 30.6 Å². The molecule has 3 rings (SSSR count). The Bertz CT molecular complexity index is 630. The largest absolute Gasteiger partial charge is 0.314 e. The van der Waals surface area contributed by atoms with Gasteiger partial charge in [-0.2, -0.15) is 5.26 Å². The standard InChI is InChI=1S/C12H13N5/c1-8-10-11(16-9(2)15-8)17(7-14-10)6-12(5-13)3-4-12/h7H,3-4,6H2,1-2H3. The molecule has 0 spiro atoms. The molecule has 0 bridgehead atoms. The zero-order valence-corrected chi connectivity index (χ0v) is 9.93. The minimum Gasteiger partial charge on any atom is -0.314 e. The molecule has 17 heavy (non-hydrogen) atoms. The van der Waals surface area contributed by atoms with Gasteiger partial charge in [0.05, 0.1) is 23.5 Å². The number of nitrogens with zero attached hydrogens (tertiary/aromatic N) is 5. The van der Waals surface area contributed by atoms with E-state index in [1.54, 1.807) is 6.33 Å². The van der Waals surface area contributed by atoms with Crippen LogP contribution in [-0.2, 0) is 6.54 Å². The number of hydrogen-bond donors (Lipinski definition) is 0. The van der Waals surface area contributed by atoms with Crippen LogP contribution in [0.25, 0.3) is 11.2 Å². The zero-order valence-electron chi connectivity index (χ0n) is 9.93. The van der Waals surface area contributed by atoms with Crippen molar-refractivity contribution in [3.8, 4) is 6.07 Å². The first-order valence-corrected chi connectivity index (χ1v) is 5.71. The van der Waals surface area contributed by atoms with E-state index in [0.29, 0.717) is 6.54 Å². The average molecular weight is 227 g/mol. The fourth-order valence-electron chi connectivity index (χ4n) is 2.12. The molecule has 2 heterocycles. The summed E-state index contributed by atoms with van der Waals surface area (Å²) >= 11 is 0. The van der Waals surface area contributed by atoms with Crippen LogP contribution in [0.3, 0.4) is 0 Å². The topological polar surface area (TPSA) is 67.4 Å². The van der Waals surface area contributed by atoms with Gasteiger partial charge in [0.25, 0.3) is 0 Å². The third kappa shape index (κ3) is 1.57. The molecule has 0 atom stereocenters. The first-order chi connectivity index (χ1) is 8.13. The Morgan fingerprint density at radius 3 is 2.82 bits per heavy atom. The van der Waals surface area contributed by atoms with Gasteiger partial charge < -0.3 is 4.57 Å². The molecule has 0 aromatic carbocycles. The second-order valence-electron chi connectivity index (χ2n) is 4.79. The van der Waals surface area contributed by atoms with Gasteiger partial charge in [-0.05, 0) is 26.7 Å². The number of fused-ring (bicyclic) bond motifs is 1. The van der Waals surface area contributed by atoms with Crippen LogP contribution in [0.4, 0.5) is 0 Å². The lowest BCUT2D eigenvalue weighted by Gasteiger charge is -2.07. The SMILES string of the molecule is Cc1nc(C)c2ncn(CC3(C#N)CC3)c2n1. The van der Waals surface area contributed by atoms with Crippen molar-refractivity contribution in [2.45, 2.75) is 33.2 Å². The molecule has 0 N–H and O–H groups in total. The molecule has 0 unspecified atom stereocenters. The Morgan fingerprint density at radius 2 is 2.18 bits per heavy atom. The van der Waals surface area contributed by atoms with Gasteiger partial charge in [0.1, 0.15) is 11.3 Å². The van der Waals surface area contributed by atoms with E-state index in [-0.39, 0.29) is 5.41 Å². The molecule has 2 aromatic rings. The summed E-state index contributed by atoms with van der Waals surface area (Å²) in [6.45, 7) is 4.50. The quantitative estimate of drug-likeness (QED) is 0.783. The lowest BCUT2D eigenvalue weighted by atomic mass is 10.1. The lowest BCUT2D eigenvalue weighted by molar-refractivity contribution is 0.536. The number of aryl methyl sites for hydroxylation is 2. The molecule has 2 aromatic heterocycles. The van der Waals surface area contributed by atoms with Crippen LogP contribution in [0.1, 0.15) is 24.4 Å². The lowest BCUT2D eigenvalue weighted by Crippen LogP contribution is -2.09. The first-order valence-electron chi connectivity index (χ1n) is 5.71. The van der Waals surface area contributed by atoms with Crippen molar-refractivity contribution in [1.29, 1.82) is 5.26 Å². The van der Waals surface area contributed by atoms with Crippen molar-refractivity contribution in [1.82, 2.24) is 19.5 Å². The second kappa shape index (κ2) is 3.27. The predicted molar refractivity (Wildman–Crippen MR) is 62.1 cm³/mol. The fourth-order valence-corrected chi connectivity index (χ4v) is 2.12.